The Morgan fingerprint density at radius 2 is 1.10 bits per heavy atom. The summed E-state index contributed by atoms with van der Waals surface area (Å²) in [5.41, 5.74) is 1.92. The van der Waals surface area contributed by atoms with Gasteiger partial charge in [0.2, 0.25) is 6.41 Å². The number of hydrogen-bond acceptors (Lipinski definition) is 14. The van der Waals surface area contributed by atoms with Gasteiger partial charge in [-0.25, -0.2) is 0 Å². The molecule has 1 aromatic carbocycles. The highest BCUT2D eigenvalue weighted by Crippen LogP contribution is 2.26. The lowest BCUT2D eigenvalue weighted by Crippen LogP contribution is -2.41. The molecule has 0 bridgehead atoms. The molecule has 1 aromatic rings. The number of amides is 3. The second kappa shape index (κ2) is 30.8. The van der Waals surface area contributed by atoms with E-state index in [1.165, 1.54) is 18.1 Å². The first-order valence-corrected chi connectivity index (χ1v) is 22.7. The fourth-order valence-corrected chi connectivity index (χ4v) is 8.43. The number of ether oxygens (including phenoxy) is 1. The van der Waals surface area contributed by atoms with Gasteiger partial charge in [0.25, 0.3) is 11.8 Å². The molecule has 0 aliphatic carbocycles. The number of nitrogens with one attached hydrogen (secondary N) is 1. The van der Waals surface area contributed by atoms with Crippen molar-refractivity contribution in [3.05, 3.63) is 59.4 Å². The van der Waals surface area contributed by atoms with Crippen molar-refractivity contribution in [3.63, 3.8) is 0 Å². The predicted octanol–water partition coefficient (Wildman–Crippen LogP) is 2.07. The van der Waals surface area contributed by atoms with Crippen LogP contribution in [0.15, 0.2) is 53.8 Å². The standard InChI is InChI=1S/C47H78N2O14/c1-31(16-32(2)17-46(61)49-44(45(63-3)28-47(49)62)18-33-13-9-7-10-14-33)12-8-5-4-6-11-15-34(51)19-35(52)20-36(53)21-37(54)22-38(55)23-39(56)24-40(57)25-41(58)26-42(59)27-43(60)29-48-30-50/h7,9-10,13-14,17,28,30-31,34-44,51-60H,4-6,8,11-12,15-16,18-27,29H2,1-3H3,(H,48,50)/b32-17-/t31?,34-,35+,36+,37+,38+,39+,40+,41+,42+,43-,44-/m0/s1. The average Bonchev–Trinajstić information content (AvgIpc) is 3.50. The van der Waals surface area contributed by atoms with Gasteiger partial charge in [0, 0.05) is 31.5 Å². The third kappa shape index (κ3) is 24.0. The summed E-state index contributed by atoms with van der Waals surface area (Å²) in [4.78, 5) is 37.6. The van der Waals surface area contributed by atoms with Crippen LogP contribution in [-0.4, -0.2) is 155 Å². The molecule has 360 valence electrons. The van der Waals surface area contributed by atoms with E-state index in [1.54, 1.807) is 6.08 Å². The monoisotopic (exact) mass is 895 g/mol. The van der Waals surface area contributed by atoms with Crippen LogP contribution in [0.2, 0.25) is 0 Å². The van der Waals surface area contributed by atoms with Crippen LogP contribution in [0.4, 0.5) is 0 Å². The number of allylic oxidation sites excluding steroid dienone is 1. The molecule has 0 fully saturated rings. The van der Waals surface area contributed by atoms with Crippen molar-refractivity contribution in [2.45, 2.75) is 197 Å². The molecule has 63 heavy (non-hydrogen) atoms. The van der Waals surface area contributed by atoms with E-state index in [2.05, 4.69) is 12.2 Å². The van der Waals surface area contributed by atoms with E-state index >= 15 is 0 Å². The molecule has 0 saturated heterocycles. The highest BCUT2D eigenvalue weighted by atomic mass is 16.5. The molecule has 0 radical (unpaired) electrons. The highest BCUT2D eigenvalue weighted by Gasteiger charge is 2.37. The molecule has 11 N–H and O–H groups in total. The van der Waals surface area contributed by atoms with Gasteiger partial charge in [-0.15, -0.1) is 0 Å². The van der Waals surface area contributed by atoms with Crippen LogP contribution in [0.1, 0.15) is 129 Å². The molecule has 1 unspecified atom stereocenters. The number of aliphatic hydroxyl groups excluding tert-OH is 10. The summed E-state index contributed by atoms with van der Waals surface area (Å²) in [5.74, 6) is 0.114. The maximum Gasteiger partial charge on any atom is 0.257 e. The lowest BCUT2D eigenvalue weighted by molar-refractivity contribution is -0.139. The largest absolute Gasteiger partial charge is 0.499 e. The van der Waals surface area contributed by atoms with Crippen molar-refractivity contribution in [3.8, 4) is 0 Å². The molecule has 16 heteroatoms. The average molecular weight is 895 g/mol. The number of unbranched alkanes of at least 4 members (excludes halogenated alkanes) is 4. The number of nitrogens with zero attached hydrogens (tertiary/aromatic N) is 1. The lowest BCUT2D eigenvalue weighted by atomic mass is 9.94. The minimum atomic E-state index is -1.16. The molecule has 0 aromatic heterocycles. The molecule has 1 aliphatic rings. The molecule has 1 aliphatic heterocycles. The second-order valence-electron chi connectivity index (χ2n) is 17.8. The van der Waals surface area contributed by atoms with Gasteiger partial charge in [-0.2, -0.15) is 0 Å². The Hall–Kier alpha value is -3.29. The number of carbonyl (C=O) groups is 3. The summed E-state index contributed by atoms with van der Waals surface area (Å²) in [5, 5.41) is 105. The zero-order valence-electron chi connectivity index (χ0n) is 37.5. The van der Waals surface area contributed by atoms with E-state index in [0.29, 0.717) is 30.9 Å². The lowest BCUT2D eigenvalue weighted by Gasteiger charge is -2.24. The maximum atomic E-state index is 13.3. The van der Waals surface area contributed by atoms with Crippen LogP contribution in [0.25, 0.3) is 0 Å². The minimum absolute atomic E-state index is 0.0503. The summed E-state index contributed by atoms with van der Waals surface area (Å²) in [6, 6.07) is 9.19. The van der Waals surface area contributed by atoms with Crippen LogP contribution in [-0.2, 0) is 25.5 Å². The summed E-state index contributed by atoms with van der Waals surface area (Å²) in [7, 11) is 1.51. The first-order valence-electron chi connectivity index (χ1n) is 22.7. The van der Waals surface area contributed by atoms with E-state index in [4.69, 9.17) is 4.74 Å². The Morgan fingerprint density at radius 3 is 1.56 bits per heavy atom. The number of methoxy groups -OCH3 is 1. The van der Waals surface area contributed by atoms with Gasteiger partial charge < -0.3 is 61.1 Å². The minimum Gasteiger partial charge on any atom is -0.499 e. The van der Waals surface area contributed by atoms with E-state index in [0.717, 1.165) is 56.1 Å². The molecule has 16 nitrogen and oxygen atoms in total. The fraction of sp³-hybridized carbons (Fsp3) is 0.723. The number of carbonyl (C=O) groups excluding carboxylic acids is 3. The van der Waals surface area contributed by atoms with E-state index in [-0.39, 0.29) is 76.1 Å². The van der Waals surface area contributed by atoms with Gasteiger partial charge >= 0.3 is 0 Å². The highest BCUT2D eigenvalue weighted by molar-refractivity contribution is 6.08. The van der Waals surface area contributed by atoms with Gasteiger partial charge in [-0.3, -0.25) is 19.3 Å². The van der Waals surface area contributed by atoms with Gasteiger partial charge in [0.1, 0.15) is 11.8 Å². The molecule has 0 saturated carbocycles. The Morgan fingerprint density at radius 1 is 0.667 bits per heavy atom. The predicted molar refractivity (Wildman–Crippen MR) is 236 cm³/mol. The van der Waals surface area contributed by atoms with Crippen molar-refractivity contribution >= 4 is 18.2 Å². The Kier molecular flexibility index (Phi) is 27.3. The first kappa shape index (κ1) is 55.8. The smallest absolute Gasteiger partial charge is 0.257 e. The van der Waals surface area contributed by atoms with Gasteiger partial charge in [-0.05, 0) is 82.6 Å². The quantitative estimate of drug-likeness (QED) is 0.0265. The zero-order valence-corrected chi connectivity index (χ0v) is 37.5. The molecular weight excluding hydrogens is 817 g/mol. The topological polar surface area (TPSA) is 278 Å². The van der Waals surface area contributed by atoms with Gasteiger partial charge in [-0.1, -0.05) is 81.4 Å². The number of hydrogen-bond donors (Lipinski definition) is 11. The number of rotatable bonds is 35. The van der Waals surface area contributed by atoms with E-state index in [9.17, 15) is 65.4 Å². The third-order valence-corrected chi connectivity index (χ3v) is 11.5. The molecule has 12 atom stereocenters. The molecule has 0 spiro atoms. The summed E-state index contributed by atoms with van der Waals surface area (Å²) >= 11 is 0. The van der Waals surface area contributed by atoms with Crippen molar-refractivity contribution in [1.29, 1.82) is 0 Å². The maximum absolute atomic E-state index is 13.3. The Bertz CT molecular complexity index is 1500. The Labute approximate surface area is 373 Å². The molecular formula is C47H78N2O14. The van der Waals surface area contributed by atoms with Crippen LogP contribution in [0.3, 0.4) is 0 Å². The number of aliphatic hydroxyl groups is 10. The summed E-state index contributed by atoms with van der Waals surface area (Å²) in [6.45, 7) is 4.02. The summed E-state index contributed by atoms with van der Waals surface area (Å²) in [6.07, 6.45) is -0.814. The van der Waals surface area contributed by atoms with E-state index in [1.807, 2.05) is 37.3 Å². The normalized spacial score (nSPS) is 19.9. The van der Waals surface area contributed by atoms with Crippen LogP contribution < -0.4 is 5.32 Å². The first-order chi connectivity index (χ1) is 29.9. The third-order valence-electron chi connectivity index (χ3n) is 11.5. The molecule has 3 amide bonds. The van der Waals surface area contributed by atoms with Crippen LogP contribution in [0, 0.1) is 5.92 Å². The van der Waals surface area contributed by atoms with Crippen molar-refractivity contribution in [1.82, 2.24) is 10.2 Å². The fourth-order valence-electron chi connectivity index (χ4n) is 8.43. The van der Waals surface area contributed by atoms with Crippen molar-refractivity contribution in [2.75, 3.05) is 13.7 Å². The molecule has 2 rings (SSSR count). The number of imide groups is 1. The SMILES string of the molecule is COC1=CC(=O)N(C(=O)/C=C(/C)CC(C)CCCCCCC[C@H](O)C[C@@H](O)C[C@@H](O)C[C@@H](O)C[C@@H](O)C[C@@H](O)C[C@@H](O)C[C@@H](O)C[C@@H](O)C[C@H](O)CNC=O)[C@H]1Cc1ccccc1. The number of benzene rings is 1. The summed E-state index contributed by atoms with van der Waals surface area (Å²) < 4.78 is 5.45. The zero-order chi connectivity index (χ0) is 46.9. The van der Waals surface area contributed by atoms with Gasteiger partial charge in [0.05, 0.1) is 68.1 Å². The second-order valence-corrected chi connectivity index (χ2v) is 17.8. The van der Waals surface area contributed by atoms with Crippen molar-refractivity contribution in [2.24, 2.45) is 5.92 Å². The van der Waals surface area contributed by atoms with E-state index < -0.39 is 67.1 Å². The van der Waals surface area contributed by atoms with Gasteiger partial charge in [0.15, 0.2) is 0 Å². The Balaban J connectivity index is 1.57. The van der Waals surface area contributed by atoms with Crippen LogP contribution >= 0.6 is 0 Å². The molecule has 1 heterocycles. The van der Waals surface area contributed by atoms with Crippen LogP contribution in [0.5, 0.6) is 0 Å². The van der Waals surface area contributed by atoms with Crippen molar-refractivity contribution < 1.29 is 70.2 Å².